The van der Waals surface area contributed by atoms with Crippen LogP contribution < -0.4 is 11.1 Å². The molecule has 90 valence electrons. The molecule has 0 unspecified atom stereocenters. The van der Waals surface area contributed by atoms with Crippen LogP contribution in [0, 0.1) is 0 Å². The van der Waals surface area contributed by atoms with Crippen molar-refractivity contribution in [1.29, 1.82) is 0 Å². The molecule has 0 fully saturated rings. The molecule has 0 aliphatic rings. The first-order chi connectivity index (χ1) is 7.52. The molecule has 1 amide bonds. The molecule has 0 saturated heterocycles. The lowest BCUT2D eigenvalue weighted by molar-refractivity contribution is 0.0944. The largest absolute Gasteiger partial charge is 0.396 e. The summed E-state index contributed by atoms with van der Waals surface area (Å²) in [5.74, 6) is -0.170. The van der Waals surface area contributed by atoms with Gasteiger partial charge in [0.15, 0.2) is 0 Å². The van der Waals surface area contributed by atoms with E-state index in [1.165, 1.54) is 10.9 Å². The molecule has 1 aromatic heterocycles. The standard InChI is InChI=1S/C10H19N5O/c1-14(2)6-4-5-12-10(16)9-8(11)7-13-15(9)3/h7H,4-6,11H2,1-3H3,(H,12,16). The Labute approximate surface area is 95.4 Å². The highest BCUT2D eigenvalue weighted by molar-refractivity contribution is 5.97. The minimum absolute atomic E-state index is 0.170. The Morgan fingerprint density at radius 2 is 2.31 bits per heavy atom. The average molecular weight is 225 g/mol. The Hall–Kier alpha value is -1.56. The molecule has 3 N–H and O–H groups in total. The predicted molar refractivity (Wildman–Crippen MR) is 63.1 cm³/mol. The van der Waals surface area contributed by atoms with Crippen molar-refractivity contribution in [3.05, 3.63) is 11.9 Å². The summed E-state index contributed by atoms with van der Waals surface area (Å²) in [6.07, 6.45) is 2.39. The van der Waals surface area contributed by atoms with E-state index in [9.17, 15) is 4.79 Å². The summed E-state index contributed by atoms with van der Waals surface area (Å²) in [7, 11) is 5.70. The molecular weight excluding hydrogens is 206 g/mol. The second kappa shape index (κ2) is 5.50. The number of amides is 1. The summed E-state index contributed by atoms with van der Waals surface area (Å²) >= 11 is 0. The Morgan fingerprint density at radius 1 is 1.62 bits per heavy atom. The number of nitrogens with two attached hydrogens (primary N) is 1. The van der Waals surface area contributed by atoms with E-state index in [1.807, 2.05) is 14.1 Å². The predicted octanol–water partition coefficient (Wildman–Crippen LogP) is -0.316. The molecule has 0 aliphatic carbocycles. The van der Waals surface area contributed by atoms with Gasteiger partial charge in [0.2, 0.25) is 0 Å². The molecular formula is C10H19N5O. The van der Waals surface area contributed by atoms with Crippen LogP contribution in [0.25, 0.3) is 0 Å². The number of nitrogen functional groups attached to an aromatic ring is 1. The minimum atomic E-state index is -0.170. The van der Waals surface area contributed by atoms with E-state index < -0.39 is 0 Å². The number of hydrogen-bond acceptors (Lipinski definition) is 4. The molecule has 0 aliphatic heterocycles. The highest BCUT2D eigenvalue weighted by Crippen LogP contribution is 2.08. The van der Waals surface area contributed by atoms with E-state index in [0.29, 0.717) is 17.9 Å². The Bertz CT molecular complexity index is 339. The molecule has 6 heteroatoms. The lowest BCUT2D eigenvalue weighted by Crippen LogP contribution is -2.29. The van der Waals surface area contributed by atoms with Gasteiger partial charge in [-0.3, -0.25) is 9.48 Å². The first-order valence-electron chi connectivity index (χ1n) is 5.22. The first-order valence-corrected chi connectivity index (χ1v) is 5.22. The van der Waals surface area contributed by atoms with Crippen LogP contribution >= 0.6 is 0 Å². The van der Waals surface area contributed by atoms with E-state index in [1.54, 1.807) is 7.05 Å². The third-order valence-electron chi connectivity index (χ3n) is 2.25. The lowest BCUT2D eigenvalue weighted by Gasteiger charge is -2.10. The van der Waals surface area contributed by atoms with E-state index in [2.05, 4.69) is 15.3 Å². The quantitative estimate of drug-likeness (QED) is 0.674. The Morgan fingerprint density at radius 3 is 2.81 bits per heavy atom. The fourth-order valence-corrected chi connectivity index (χ4v) is 1.41. The number of rotatable bonds is 5. The van der Waals surface area contributed by atoms with Crippen LogP contribution in [0.15, 0.2) is 6.20 Å². The molecule has 1 aromatic rings. The van der Waals surface area contributed by atoms with Gasteiger partial charge in [0.05, 0.1) is 11.9 Å². The third kappa shape index (κ3) is 3.23. The van der Waals surface area contributed by atoms with Gasteiger partial charge in [-0.1, -0.05) is 0 Å². The number of anilines is 1. The van der Waals surface area contributed by atoms with Gasteiger partial charge in [0.25, 0.3) is 5.91 Å². The minimum Gasteiger partial charge on any atom is -0.396 e. The Balaban J connectivity index is 2.41. The van der Waals surface area contributed by atoms with Crippen LogP contribution in [0.5, 0.6) is 0 Å². The summed E-state index contributed by atoms with van der Waals surface area (Å²) in [5.41, 5.74) is 6.47. The van der Waals surface area contributed by atoms with Gasteiger partial charge in [-0.05, 0) is 27.1 Å². The maximum atomic E-state index is 11.7. The van der Waals surface area contributed by atoms with Crippen molar-refractivity contribution >= 4 is 11.6 Å². The van der Waals surface area contributed by atoms with Crippen molar-refractivity contribution in [1.82, 2.24) is 20.0 Å². The number of nitrogens with one attached hydrogen (secondary N) is 1. The van der Waals surface area contributed by atoms with E-state index in [-0.39, 0.29) is 5.91 Å². The topological polar surface area (TPSA) is 76.2 Å². The zero-order chi connectivity index (χ0) is 12.1. The van der Waals surface area contributed by atoms with Gasteiger partial charge in [0, 0.05) is 13.6 Å². The van der Waals surface area contributed by atoms with Crippen molar-refractivity contribution in [2.75, 3.05) is 32.9 Å². The van der Waals surface area contributed by atoms with E-state index in [4.69, 9.17) is 5.73 Å². The van der Waals surface area contributed by atoms with Crippen LogP contribution in [-0.4, -0.2) is 47.8 Å². The number of carbonyl (C=O) groups is 1. The molecule has 0 atom stereocenters. The van der Waals surface area contributed by atoms with E-state index >= 15 is 0 Å². The molecule has 0 spiro atoms. The van der Waals surface area contributed by atoms with Gasteiger partial charge in [-0.15, -0.1) is 0 Å². The van der Waals surface area contributed by atoms with Crippen molar-refractivity contribution < 1.29 is 4.79 Å². The highest BCUT2D eigenvalue weighted by atomic mass is 16.2. The summed E-state index contributed by atoms with van der Waals surface area (Å²) < 4.78 is 1.48. The number of nitrogens with zero attached hydrogens (tertiary/aromatic N) is 3. The zero-order valence-electron chi connectivity index (χ0n) is 10.0. The summed E-state index contributed by atoms with van der Waals surface area (Å²) in [4.78, 5) is 13.8. The monoisotopic (exact) mass is 225 g/mol. The van der Waals surface area contributed by atoms with E-state index in [0.717, 1.165) is 13.0 Å². The van der Waals surface area contributed by atoms with Crippen molar-refractivity contribution in [3.63, 3.8) is 0 Å². The summed E-state index contributed by atoms with van der Waals surface area (Å²) in [5, 5.41) is 6.73. The zero-order valence-corrected chi connectivity index (χ0v) is 10.0. The fourth-order valence-electron chi connectivity index (χ4n) is 1.41. The number of hydrogen-bond donors (Lipinski definition) is 2. The van der Waals surface area contributed by atoms with Crippen molar-refractivity contribution in [2.45, 2.75) is 6.42 Å². The molecule has 0 radical (unpaired) electrons. The SMILES string of the molecule is CN(C)CCCNC(=O)c1c(N)cnn1C. The van der Waals surface area contributed by atoms with Crippen LogP contribution in [0.4, 0.5) is 5.69 Å². The lowest BCUT2D eigenvalue weighted by atomic mass is 10.3. The normalized spacial score (nSPS) is 10.8. The third-order valence-corrected chi connectivity index (χ3v) is 2.25. The molecule has 1 rings (SSSR count). The number of carbonyl (C=O) groups excluding carboxylic acids is 1. The first kappa shape index (κ1) is 12.5. The molecule has 0 bridgehead atoms. The van der Waals surface area contributed by atoms with Crippen LogP contribution in [-0.2, 0) is 7.05 Å². The van der Waals surface area contributed by atoms with Gasteiger partial charge in [0.1, 0.15) is 5.69 Å². The molecule has 1 heterocycles. The second-order valence-electron chi connectivity index (χ2n) is 3.98. The van der Waals surface area contributed by atoms with Crippen LogP contribution in [0.2, 0.25) is 0 Å². The average Bonchev–Trinajstić information content (AvgIpc) is 2.53. The molecule has 0 saturated carbocycles. The molecule has 6 nitrogen and oxygen atoms in total. The van der Waals surface area contributed by atoms with Crippen LogP contribution in [0.1, 0.15) is 16.9 Å². The number of aromatic nitrogens is 2. The van der Waals surface area contributed by atoms with Gasteiger partial charge in [-0.25, -0.2) is 0 Å². The maximum Gasteiger partial charge on any atom is 0.271 e. The summed E-state index contributed by atoms with van der Waals surface area (Å²) in [6.45, 7) is 1.59. The van der Waals surface area contributed by atoms with Crippen molar-refractivity contribution in [3.8, 4) is 0 Å². The Kier molecular flexibility index (Phi) is 4.30. The fraction of sp³-hybridized carbons (Fsp3) is 0.600. The van der Waals surface area contributed by atoms with Crippen molar-refractivity contribution in [2.24, 2.45) is 7.05 Å². The molecule has 0 aromatic carbocycles. The number of aryl methyl sites for hydroxylation is 1. The maximum absolute atomic E-state index is 11.7. The van der Waals surface area contributed by atoms with Gasteiger partial charge >= 0.3 is 0 Å². The second-order valence-corrected chi connectivity index (χ2v) is 3.98. The highest BCUT2D eigenvalue weighted by Gasteiger charge is 2.13. The molecule has 16 heavy (non-hydrogen) atoms. The van der Waals surface area contributed by atoms with Crippen LogP contribution in [0.3, 0.4) is 0 Å². The van der Waals surface area contributed by atoms with Gasteiger partial charge in [-0.2, -0.15) is 5.10 Å². The smallest absolute Gasteiger partial charge is 0.271 e. The summed E-state index contributed by atoms with van der Waals surface area (Å²) in [6, 6.07) is 0. The van der Waals surface area contributed by atoms with Gasteiger partial charge < -0.3 is 16.0 Å².